The molecular formula is C14H15IN2O. The zero-order valence-electron chi connectivity index (χ0n) is 10.6. The number of aromatic nitrogens is 2. The fourth-order valence-electron chi connectivity index (χ4n) is 1.48. The minimum absolute atomic E-state index is 0.103. The normalized spacial score (nSPS) is 11.3. The van der Waals surface area contributed by atoms with Gasteiger partial charge >= 0.3 is 6.01 Å². The van der Waals surface area contributed by atoms with E-state index in [2.05, 4.69) is 59.4 Å². The zero-order chi connectivity index (χ0) is 13.2. The van der Waals surface area contributed by atoms with E-state index in [1.54, 1.807) is 12.4 Å². The largest absolute Gasteiger partial charge is 0.424 e. The second kappa shape index (κ2) is 5.22. The lowest BCUT2D eigenvalue weighted by Gasteiger charge is -2.19. The van der Waals surface area contributed by atoms with Crippen LogP contribution in [0.25, 0.3) is 0 Å². The molecule has 0 saturated carbocycles. The van der Waals surface area contributed by atoms with Crippen LogP contribution < -0.4 is 4.74 Å². The van der Waals surface area contributed by atoms with Crippen molar-refractivity contribution in [1.29, 1.82) is 0 Å². The molecule has 0 aliphatic heterocycles. The van der Waals surface area contributed by atoms with E-state index in [-0.39, 0.29) is 5.41 Å². The van der Waals surface area contributed by atoms with E-state index in [1.165, 1.54) is 5.56 Å². The van der Waals surface area contributed by atoms with Crippen LogP contribution in [0.5, 0.6) is 11.8 Å². The Kier molecular flexibility index (Phi) is 3.85. The fraction of sp³-hybridized carbons (Fsp3) is 0.286. The lowest BCUT2D eigenvalue weighted by molar-refractivity contribution is 0.439. The van der Waals surface area contributed by atoms with Gasteiger partial charge in [-0.2, -0.15) is 0 Å². The third kappa shape index (κ3) is 3.41. The van der Waals surface area contributed by atoms with Gasteiger partial charge in [-0.15, -0.1) is 0 Å². The first kappa shape index (κ1) is 13.3. The topological polar surface area (TPSA) is 35.0 Å². The quantitative estimate of drug-likeness (QED) is 0.760. The van der Waals surface area contributed by atoms with E-state index in [1.807, 2.05) is 18.2 Å². The maximum atomic E-state index is 5.64. The van der Waals surface area contributed by atoms with Crippen molar-refractivity contribution in [1.82, 2.24) is 9.97 Å². The third-order valence-corrected chi connectivity index (χ3v) is 3.06. The predicted octanol–water partition coefficient (Wildman–Crippen LogP) is 4.17. The van der Waals surface area contributed by atoms with E-state index < -0.39 is 0 Å². The summed E-state index contributed by atoms with van der Waals surface area (Å²) in [4.78, 5) is 8.25. The smallest absolute Gasteiger partial charge is 0.321 e. The summed E-state index contributed by atoms with van der Waals surface area (Å²) in [7, 11) is 0. The van der Waals surface area contributed by atoms with E-state index >= 15 is 0 Å². The van der Waals surface area contributed by atoms with Crippen molar-refractivity contribution in [2.45, 2.75) is 26.2 Å². The Morgan fingerprint density at radius 3 is 2.39 bits per heavy atom. The van der Waals surface area contributed by atoms with Gasteiger partial charge in [0.25, 0.3) is 0 Å². The van der Waals surface area contributed by atoms with Crippen LogP contribution >= 0.6 is 22.6 Å². The molecule has 0 bridgehead atoms. The molecule has 1 heterocycles. The molecule has 0 saturated heterocycles. The summed E-state index contributed by atoms with van der Waals surface area (Å²) in [6.07, 6.45) is 3.47. The van der Waals surface area contributed by atoms with Crippen molar-refractivity contribution in [3.63, 3.8) is 0 Å². The highest BCUT2D eigenvalue weighted by Crippen LogP contribution is 2.27. The molecule has 0 aliphatic carbocycles. The molecule has 0 radical (unpaired) electrons. The lowest BCUT2D eigenvalue weighted by atomic mass is 9.87. The molecule has 0 spiro atoms. The van der Waals surface area contributed by atoms with Gasteiger partial charge in [0.15, 0.2) is 0 Å². The van der Waals surface area contributed by atoms with Crippen LogP contribution in [0.3, 0.4) is 0 Å². The molecule has 4 heteroatoms. The zero-order valence-corrected chi connectivity index (χ0v) is 12.8. The van der Waals surface area contributed by atoms with Gasteiger partial charge in [-0.1, -0.05) is 32.9 Å². The number of halogens is 1. The van der Waals surface area contributed by atoms with Gasteiger partial charge in [0, 0.05) is 16.0 Å². The second-order valence-corrected chi connectivity index (χ2v) is 6.31. The van der Waals surface area contributed by atoms with Crippen LogP contribution in [0.1, 0.15) is 26.3 Å². The Morgan fingerprint density at radius 2 is 1.78 bits per heavy atom. The minimum Gasteiger partial charge on any atom is -0.424 e. The molecular weight excluding hydrogens is 339 g/mol. The number of nitrogens with zero attached hydrogens (tertiary/aromatic N) is 2. The van der Waals surface area contributed by atoms with Gasteiger partial charge < -0.3 is 4.74 Å². The molecule has 0 aliphatic rings. The maximum absolute atomic E-state index is 5.64. The van der Waals surface area contributed by atoms with Gasteiger partial charge in [-0.25, -0.2) is 9.97 Å². The van der Waals surface area contributed by atoms with Gasteiger partial charge in [-0.05, 0) is 45.7 Å². The fourth-order valence-corrected chi connectivity index (χ4v) is 1.76. The average molecular weight is 354 g/mol. The first-order chi connectivity index (χ1) is 8.45. The standard InChI is InChI=1S/C14H15IN2O/c1-14(2,3)10-5-4-6-12(7-10)18-13-16-8-11(15)9-17-13/h4-9H,1-3H3. The molecule has 94 valence electrons. The molecule has 0 amide bonds. The van der Waals surface area contributed by atoms with E-state index in [9.17, 15) is 0 Å². The van der Waals surface area contributed by atoms with Gasteiger partial charge in [0.05, 0.1) is 0 Å². The van der Waals surface area contributed by atoms with Crippen LogP contribution in [0.2, 0.25) is 0 Å². The monoisotopic (exact) mass is 354 g/mol. The molecule has 3 nitrogen and oxygen atoms in total. The summed E-state index contributed by atoms with van der Waals surface area (Å²) >= 11 is 2.16. The Bertz CT molecular complexity index is 532. The average Bonchev–Trinajstić information content (AvgIpc) is 2.31. The highest BCUT2D eigenvalue weighted by molar-refractivity contribution is 14.1. The highest BCUT2D eigenvalue weighted by Gasteiger charge is 2.14. The SMILES string of the molecule is CC(C)(C)c1cccc(Oc2ncc(I)cn2)c1. The van der Waals surface area contributed by atoms with Crippen molar-refractivity contribution in [3.8, 4) is 11.8 Å². The van der Waals surface area contributed by atoms with Crippen LogP contribution in [0, 0.1) is 3.57 Å². The number of rotatable bonds is 2. The van der Waals surface area contributed by atoms with Gasteiger partial charge in [-0.3, -0.25) is 0 Å². The molecule has 2 rings (SSSR count). The first-order valence-corrected chi connectivity index (χ1v) is 6.79. The molecule has 2 aromatic rings. The summed E-state index contributed by atoms with van der Waals surface area (Å²) in [6.45, 7) is 6.52. The van der Waals surface area contributed by atoms with Crippen molar-refractivity contribution in [3.05, 3.63) is 45.8 Å². The Hall–Kier alpha value is -1.17. The Labute approximate surface area is 121 Å². The summed E-state index contributed by atoms with van der Waals surface area (Å²) in [5.74, 6) is 0.767. The molecule has 0 unspecified atom stereocenters. The highest BCUT2D eigenvalue weighted by atomic mass is 127. The third-order valence-electron chi connectivity index (χ3n) is 2.51. The number of hydrogen-bond acceptors (Lipinski definition) is 3. The maximum Gasteiger partial charge on any atom is 0.321 e. The van der Waals surface area contributed by atoms with E-state index in [0.29, 0.717) is 6.01 Å². The number of benzene rings is 1. The molecule has 18 heavy (non-hydrogen) atoms. The van der Waals surface area contributed by atoms with Crippen molar-refractivity contribution in [2.75, 3.05) is 0 Å². The van der Waals surface area contributed by atoms with Crippen molar-refractivity contribution < 1.29 is 4.74 Å². The number of ether oxygens (including phenoxy) is 1. The summed E-state index contributed by atoms with van der Waals surface area (Å²) < 4.78 is 6.63. The summed E-state index contributed by atoms with van der Waals surface area (Å²) in [6, 6.07) is 8.41. The minimum atomic E-state index is 0.103. The number of hydrogen-bond donors (Lipinski definition) is 0. The summed E-state index contributed by atoms with van der Waals surface area (Å²) in [5.41, 5.74) is 1.33. The Balaban J connectivity index is 2.22. The van der Waals surface area contributed by atoms with Crippen LogP contribution in [0.15, 0.2) is 36.7 Å². The molecule has 1 aromatic heterocycles. The second-order valence-electron chi connectivity index (χ2n) is 5.06. The Morgan fingerprint density at radius 1 is 1.11 bits per heavy atom. The van der Waals surface area contributed by atoms with E-state index in [0.717, 1.165) is 9.32 Å². The molecule has 0 atom stereocenters. The molecule has 0 fully saturated rings. The van der Waals surface area contributed by atoms with Crippen LogP contribution in [-0.2, 0) is 5.41 Å². The van der Waals surface area contributed by atoms with Gasteiger partial charge in [0.2, 0.25) is 0 Å². The van der Waals surface area contributed by atoms with Crippen LogP contribution in [-0.4, -0.2) is 9.97 Å². The first-order valence-electron chi connectivity index (χ1n) is 5.71. The van der Waals surface area contributed by atoms with E-state index in [4.69, 9.17) is 4.74 Å². The lowest BCUT2D eigenvalue weighted by Crippen LogP contribution is -2.10. The van der Waals surface area contributed by atoms with Gasteiger partial charge in [0.1, 0.15) is 5.75 Å². The van der Waals surface area contributed by atoms with Crippen molar-refractivity contribution in [2.24, 2.45) is 0 Å². The molecule has 1 aromatic carbocycles. The predicted molar refractivity (Wildman–Crippen MR) is 80.0 cm³/mol. The molecule has 0 N–H and O–H groups in total. The van der Waals surface area contributed by atoms with Crippen molar-refractivity contribution >= 4 is 22.6 Å². The van der Waals surface area contributed by atoms with Crippen LogP contribution in [0.4, 0.5) is 0 Å². The summed E-state index contributed by atoms with van der Waals surface area (Å²) in [5, 5.41) is 0.